The van der Waals surface area contributed by atoms with Crippen molar-refractivity contribution in [3.05, 3.63) is 22.4 Å². The molecule has 1 aromatic rings. The number of likely N-dealkylation sites (tertiary alicyclic amines) is 1. The first-order chi connectivity index (χ1) is 8.65. The van der Waals surface area contributed by atoms with Crippen LogP contribution in [0.5, 0.6) is 0 Å². The molecular weight excluding hydrogens is 282 g/mol. The first kappa shape index (κ1) is 16.4. The van der Waals surface area contributed by atoms with Crippen LogP contribution in [0.15, 0.2) is 17.5 Å². The van der Waals surface area contributed by atoms with Crippen LogP contribution in [0.1, 0.15) is 17.7 Å². The predicted molar refractivity (Wildman–Crippen MR) is 81.7 cm³/mol. The van der Waals surface area contributed by atoms with E-state index in [1.54, 1.807) is 16.2 Å². The molecule has 0 saturated carbocycles. The summed E-state index contributed by atoms with van der Waals surface area (Å²) in [6, 6.07) is 4.31. The third-order valence-electron chi connectivity index (χ3n) is 3.30. The molecule has 0 radical (unpaired) electrons. The lowest BCUT2D eigenvalue weighted by Gasteiger charge is -2.31. The van der Waals surface area contributed by atoms with Crippen LogP contribution in [0.4, 0.5) is 0 Å². The van der Waals surface area contributed by atoms with Crippen molar-refractivity contribution in [1.82, 2.24) is 9.80 Å². The van der Waals surface area contributed by atoms with E-state index < -0.39 is 0 Å². The van der Waals surface area contributed by atoms with Crippen LogP contribution in [0.2, 0.25) is 0 Å². The molecule has 0 aliphatic carbocycles. The SMILES string of the molecule is CN(Cc1cccs1)C(=O)CN1CCCC(N)C1.Cl. The third-order valence-corrected chi connectivity index (χ3v) is 4.16. The standard InChI is InChI=1S/C13H21N3OS.ClH/c1-15(9-12-5-3-7-18-12)13(17)10-16-6-2-4-11(14)8-16;/h3,5,7,11H,2,4,6,8-10,14H2,1H3;1H. The largest absolute Gasteiger partial charge is 0.340 e. The van der Waals surface area contributed by atoms with Gasteiger partial charge in [0.15, 0.2) is 0 Å². The first-order valence-electron chi connectivity index (χ1n) is 6.39. The zero-order valence-corrected chi connectivity index (χ0v) is 12.9. The summed E-state index contributed by atoms with van der Waals surface area (Å²) in [7, 11) is 1.87. The number of rotatable bonds is 4. The Morgan fingerprint density at radius 3 is 3.05 bits per heavy atom. The van der Waals surface area contributed by atoms with Gasteiger partial charge in [0, 0.05) is 24.5 Å². The van der Waals surface area contributed by atoms with E-state index >= 15 is 0 Å². The predicted octanol–water partition coefficient (Wildman–Crippen LogP) is 1.55. The van der Waals surface area contributed by atoms with Gasteiger partial charge in [-0.2, -0.15) is 0 Å². The summed E-state index contributed by atoms with van der Waals surface area (Å²) in [4.78, 5) is 17.3. The monoisotopic (exact) mass is 303 g/mol. The maximum atomic E-state index is 12.1. The van der Waals surface area contributed by atoms with Crippen LogP contribution in [-0.2, 0) is 11.3 Å². The highest BCUT2D eigenvalue weighted by Gasteiger charge is 2.20. The number of carbonyl (C=O) groups excluding carboxylic acids is 1. The topological polar surface area (TPSA) is 49.6 Å². The number of amides is 1. The molecule has 1 atom stereocenters. The van der Waals surface area contributed by atoms with Crippen LogP contribution in [0.3, 0.4) is 0 Å². The lowest BCUT2D eigenvalue weighted by molar-refractivity contribution is -0.131. The summed E-state index contributed by atoms with van der Waals surface area (Å²) in [6.07, 6.45) is 2.18. The number of carbonyl (C=O) groups is 1. The molecule has 6 heteroatoms. The number of nitrogens with two attached hydrogens (primary N) is 1. The number of piperidine rings is 1. The van der Waals surface area contributed by atoms with Gasteiger partial charge in [0.25, 0.3) is 0 Å². The fourth-order valence-electron chi connectivity index (χ4n) is 2.27. The number of nitrogens with zero attached hydrogens (tertiary/aromatic N) is 2. The minimum Gasteiger partial charge on any atom is -0.340 e. The van der Waals surface area contributed by atoms with Gasteiger partial charge in [-0.1, -0.05) is 6.07 Å². The summed E-state index contributed by atoms with van der Waals surface area (Å²) in [6.45, 7) is 3.04. The van der Waals surface area contributed by atoms with E-state index in [1.807, 2.05) is 18.5 Å². The molecule has 2 N–H and O–H groups in total. The number of thiophene rings is 1. The molecule has 1 amide bonds. The molecule has 0 bridgehead atoms. The van der Waals surface area contributed by atoms with Gasteiger partial charge >= 0.3 is 0 Å². The van der Waals surface area contributed by atoms with E-state index in [4.69, 9.17) is 5.73 Å². The third kappa shape index (κ3) is 5.10. The number of hydrogen-bond acceptors (Lipinski definition) is 4. The summed E-state index contributed by atoms with van der Waals surface area (Å²) < 4.78 is 0. The molecule has 1 aliphatic heterocycles. The molecule has 1 fully saturated rings. The average molecular weight is 304 g/mol. The molecule has 1 unspecified atom stereocenters. The molecule has 0 spiro atoms. The minimum absolute atomic E-state index is 0. The smallest absolute Gasteiger partial charge is 0.236 e. The molecule has 4 nitrogen and oxygen atoms in total. The van der Waals surface area contributed by atoms with Crippen molar-refractivity contribution in [3.63, 3.8) is 0 Å². The molecular formula is C13H22ClN3OS. The van der Waals surface area contributed by atoms with Crippen LogP contribution in [0.25, 0.3) is 0 Å². The average Bonchev–Trinajstić information content (AvgIpc) is 2.81. The van der Waals surface area contributed by atoms with Gasteiger partial charge in [-0.3, -0.25) is 9.69 Å². The van der Waals surface area contributed by atoms with Crippen molar-refractivity contribution in [1.29, 1.82) is 0 Å². The highest BCUT2D eigenvalue weighted by Crippen LogP contribution is 2.12. The second-order valence-corrected chi connectivity index (χ2v) is 6.00. The fraction of sp³-hybridized carbons (Fsp3) is 0.615. The Morgan fingerprint density at radius 2 is 2.42 bits per heavy atom. The Bertz CT molecular complexity index is 385. The van der Waals surface area contributed by atoms with E-state index in [-0.39, 0.29) is 24.4 Å². The van der Waals surface area contributed by atoms with E-state index in [2.05, 4.69) is 11.0 Å². The highest BCUT2D eigenvalue weighted by atomic mass is 35.5. The maximum absolute atomic E-state index is 12.1. The second-order valence-electron chi connectivity index (χ2n) is 4.97. The number of likely N-dealkylation sites (N-methyl/N-ethyl adjacent to an activating group) is 1. The highest BCUT2D eigenvalue weighted by molar-refractivity contribution is 7.09. The Kier molecular flexibility index (Phi) is 6.79. The van der Waals surface area contributed by atoms with Crippen LogP contribution in [0, 0.1) is 0 Å². The summed E-state index contributed by atoms with van der Waals surface area (Å²) in [5, 5.41) is 2.04. The lowest BCUT2D eigenvalue weighted by Crippen LogP contribution is -2.47. The molecule has 19 heavy (non-hydrogen) atoms. The number of halogens is 1. The van der Waals surface area contributed by atoms with Crippen LogP contribution in [-0.4, -0.2) is 48.4 Å². The Labute approximate surface area is 125 Å². The van der Waals surface area contributed by atoms with Crippen LogP contribution < -0.4 is 5.73 Å². The van der Waals surface area contributed by atoms with Crippen molar-refractivity contribution in [2.45, 2.75) is 25.4 Å². The quantitative estimate of drug-likeness (QED) is 0.918. The van der Waals surface area contributed by atoms with Crippen molar-refractivity contribution in [2.24, 2.45) is 5.73 Å². The van der Waals surface area contributed by atoms with Gasteiger partial charge in [0.05, 0.1) is 13.1 Å². The van der Waals surface area contributed by atoms with Gasteiger partial charge in [-0.15, -0.1) is 23.7 Å². The molecule has 1 aliphatic rings. The van der Waals surface area contributed by atoms with Crippen LogP contribution >= 0.6 is 23.7 Å². The first-order valence-corrected chi connectivity index (χ1v) is 7.27. The molecule has 2 heterocycles. The summed E-state index contributed by atoms with van der Waals surface area (Å²) >= 11 is 1.69. The summed E-state index contributed by atoms with van der Waals surface area (Å²) in [5.74, 6) is 0.178. The van der Waals surface area contributed by atoms with E-state index in [9.17, 15) is 4.79 Å². The fourth-order valence-corrected chi connectivity index (χ4v) is 3.03. The normalized spacial score (nSPS) is 19.8. The van der Waals surface area contributed by atoms with Gasteiger partial charge in [-0.05, 0) is 30.8 Å². The zero-order valence-electron chi connectivity index (χ0n) is 11.2. The van der Waals surface area contributed by atoms with Crippen molar-refractivity contribution >= 4 is 29.7 Å². The Balaban J connectivity index is 0.00000180. The van der Waals surface area contributed by atoms with E-state index in [0.29, 0.717) is 13.1 Å². The van der Waals surface area contributed by atoms with Crippen molar-refractivity contribution in [3.8, 4) is 0 Å². The van der Waals surface area contributed by atoms with Gasteiger partial charge in [0.1, 0.15) is 0 Å². The molecule has 1 aromatic heterocycles. The Hall–Kier alpha value is -0.620. The van der Waals surface area contributed by atoms with E-state index in [1.165, 1.54) is 4.88 Å². The van der Waals surface area contributed by atoms with E-state index in [0.717, 1.165) is 25.9 Å². The van der Waals surface area contributed by atoms with Gasteiger partial charge in [0.2, 0.25) is 5.91 Å². The van der Waals surface area contributed by atoms with Crippen molar-refractivity contribution in [2.75, 3.05) is 26.7 Å². The van der Waals surface area contributed by atoms with Crippen molar-refractivity contribution < 1.29 is 4.79 Å². The Morgan fingerprint density at radius 1 is 1.63 bits per heavy atom. The second kappa shape index (κ2) is 7.85. The molecule has 108 valence electrons. The zero-order chi connectivity index (χ0) is 13.0. The molecule has 0 aromatic carbocycles. The molecule has 2 rings (SSSR count). The minimum atomic E-state index is 0. The molecule has 1 saturated heterocycles. The van der Waals surface area contributed by atoms with Gasteiger partial charge in [-0.25, -0.2) is 0 Å². The van der Waals surface area contributed by atoms with Gasteiger partial charge < -0.3 is 10.6 Å². The lowest BCUT2D eigenvalue weighted by atomic mass is 10.1. The summed E-state index contributed by atoms with van der Waals surface area (Å²) in [5.41, 5.74) is 5.92. The number of hydrogen-bond donors (Lipinski definition) is 1. The maximum Gasteiger partial charge on any atom is 0.236 e.